The summed E-state index contributed by atoms with van der Waals surface area (Å²) in [7, 11) is 1.76. The van der Waals surface area contributed by atoms with Crippen molar-refractivity contribution in [1.82, 2.24) is 0 Å². The maximum atomic E-state index is 10.6. The average molecular weight is 219 g/mol. The van der Waals surface area contributed by atoms with Crippen LogP contribution in [0.2, 0.25) is 0 Å². The second kappa shape index (κ2) is 5.15. The Balaban J connectivity index is 2.75. The summed E-state index contributed by atoms with van der Waals surface area (Å²) >= 11 is 0. The molecule has 1 rings (SSSR count). The van der Waals surface area contributed by atoms with Crippen molar-refractivity contribution in [2.24, 2.45) is 5.41 Å². The summed E-state index contributed by atoms with van der Waals surface area (Å²) < 4.78 is 0. The van der Waals surface area contributed by atoms with Crippen LogP contribution in [-0.2, 0) is 11.2 Å². The summed E-state index contributed by atoms with van der Waals surface area (Å²) in [5.74, 6) is 0. The molecule has 0 unspecified atom stereocenters. The van der Waals surface area contributed by atoms with Crippen molar-refractivity contribution in [2.75, 3.05) is 11.9 Å². The van der Waals surface area contributed by atoms with Crippen molar-refractivity contribution in [3.8, 4) is 0 Å². The molecule has 0 heterocycles. The molecule has 0 fully saturated rings. The van der Waals surface area contributed by atoms with Crippen molar-refractivity contribution in [2.45, 2.75) is 33.6 Å². The van der Waals surface area contributed by atoms with Crippen molar-refractivity contribution < 1.29 is 4.79 Å². The highest BCUT2D eigenvalue weighted by Crippen LogP contribution is 2.26. The van der Waals surface area contributed by atoms with Gasteiger partial charge in [-0.25, -0.2) is 0 Å². The maximum absolute atomic E-state index is 10.6. The molecule has 0 saturated heterocycles. The molecular formula is C14H21NO. The number of hydrogen-bond acceptors (Lipinski definition) is 1. The van der Waals surface area contributed by atoms with E-state index >= 15 is 0 Å². The lowest BCUT2D eigenvalue weighted by molar-refractivity contribution is -0.107. The van der Waals surface area contributed by atoms with E-state index in [1.807, 2.05) is 12.1 Å². The largest absolute Gasteiger partial charge is 0.318 e. The molecule has 0 bridgehead atoms. The molecule has 0 aliphatic rings. The molecule has 0 atom stereocenters. The zero-order chi connectivity index (χ0) is 12.2. The topological polar surface area (TPSA) is 20.3 Å². The Hall–Kier alpha value is -1.31. The van der Waals surface area contributed by atoms with Gasteiger partial charge in [0.15, 0.2) is 0 Å². The van der Waals surface area contributed by atoms with Gasteiger partial charge < -0.3 is 4.90 Å². The minimum atomic E-state index is 0.345. The van der Waals surface area contributed by atoms with E-state index in [0.717, 1.165) is 18.5 Å². The predicted molar refractivity (Wildman–Crippen MR) is 68.7 cm³/mol. The number of benzene rings is 1. The number of carbonyl (C=O) groups is 1. The van der Waals surface area contributed by atoms with Crippen LogP contribution in [-0.4, -0.2) is 13.5 Å². The summed E-state index contributed by atoms with van der Waals surface area (Å²) in [6.45, 7) is 6.77. The van der Waals surface area contributed by atoms with E-state index in [1.54, 1.807) is 11.9 Å². The summed E-state index contributed by atoms with van der Waals surface area (Å²) in [6.07, 6.45) is 3.07. The molecule has 1 aromatic carbocycles. The molecule has 2 heteroatoms. The maximum Gasteiger partial charge on any atom is 0.213 e. The van der Waals surface area contributed by atoms with Gasteiger partial charge in [0.05, 0.1) is 0 Å². The van der Waals surface area contributed by atoms with Crippen LogP contribution in [0.3, 0.4) is 0 Å². The predicted octanol–water partition coefficient (Wildman–Crippen LogP) is 3.26. The number of rotatable bonds is 5. The Labute approximate surface area is 98.3 Å². The Kier molecular flexibility index (Phi) is 4.11. The minimum absolute atomic E-state index is 0.345. The first-order valence-corrected chi connectivity index (χ1v) is 5.75. The quantitative estimate of drug-likeness (QED) is 0.696. The Bertz CT molecular complexity index is 340. The molecule has 0 spiro atoms. The first-order valence-electron chi connectivity index (χ1n) is 5.75. The third kappa shape index (κ3) is 3.37. The van der Waals surface area contributed by atoms with E-state index in [1.165, 1.54) is 12.0 Å². The zero-order valence-electron chi connectivity index (χ0n) is 10.7. The molecule has 0 radical (unpaired) electrons. The Morgan fingerprint density at radius 3 is 2.25 bits per heavy atom. The van der Waals surface area contributed by atoms with Gasteiger partial charge in [0.2, 0.25) is 6.41 Å². The van der Waals surface area contributed by atoms with Crippen LogP contribution < -0.4 is 4.90 Å². The highest BCUT2D eigenvalue weighted by atomic mass is 16.1. The molecule has 0 aromatic heterocycles. The van der Waals surface area contributed by atoms with E-state index < -0.39 is 0 Å². The first kappa shape index (κ1) is 12.8. The van der Waals surface area contributed by atoms with Crippen LogP contribution in [0, 0.1) is 5.41 Å². The van der Waals surface area contributed by atoms with Crippen LogP contribution in [0.4, 0.5) is 5.69 Å². The molecular weight excluding hydrogens is 198 g/mol. The van der Waals surface area contributed by atoms with E-state index in [4.69, 9.17) is 0 Å². The van der Waals surface area contributed by atoms with Gasteiger partial charge >= 0.3 is 0 Å². The summed E-state index contributed by atoms with van der Waals surface area (Å²) in [5.41, 5.74) is 2.61. The molecule has 0 aliphatic heterocycles. The smallest absolute Gasteiger partial charge is 0.213 e. The third-order valence-electron chi connectivity index (χ3n) is 3.14. The number of anilines is 1. The minimum Gasteiger partial charge on any atom is -0.318 e. The van der Waals surface area contributed by atoms with E-state index in [9.17, 15) is 4.79 Å². The van der Waals surface area contributed by atoms with Gasteiger partial charge in [0.25, 0.3) is 0 Å². The van der Waals surface area contributed by atoms with Crippen molar-refractivity contribution >= 4 is 12.1 Å². The molecule has 16 heavy (non-hydrogen) atoms. The molecule has 0 N–H and O–H groups in total. The van der Waals surface area contributed by atoms with Crippen molar-refractivity contribution in [3.63, 3.8) is 0 Å². The number of nitrogens with zero attached hydrogens (tertiary/aromatic N) is 1. The number of hydrogen-bond donors (Lipinski definition) is 0. The number of amides is 1. The Morgan fingerprint density at radius 1 is 1.25 bits per heavy atom. The van der Waals surface area contributed by atoms with E-state index in [0.29, 0.717) is 5.41 Å². The van der Waals surface area contributed by atoms with Gasteiger partial charge in [0.1, 0.15) is 0 Å². The monoisotopic (exact) mass is 219 g/mol. The second-order valence-corrected chi connectivity index (χ2v) is 5.08. The average Bonchev–Trinajstić information content (AvgIpc) is 2.28. The van der Waals surface area contributed by atoms with Crippen LogP contribution in [0.15, 0.2) is 24.3 Å². The molecule has 2 nitrogen and oxygen atoms in total. The fraction of sp³-hybridized carbons (Fsp3) is 0.500. The molecule has 0 saturated carbocycles. The Morgan fingerprint density at radius 2 is 1.81 bits per heavy atom. The van der Waals surface area contributed by atoms with Crippen LogP contribution in [0.25, 0.3) is 0 Å². The fourth-order valence-corrected chi connectivity index (χ4v) is 1.59. The van der Waals surface area contributed by atoms with Crippen LogP contribution in [0.5, 0.6) is 0 Å². The molecule has 1 amide bonds. The third-order valence-corrected chi connectivity index (χ3v) is 3.14. The van der Waals surface area contributed by atoms with Crippen LogP contribution >= 0.6 is 0 Å². The van der Waals surface area contributed by atoms with Gasteiger partial charge in [-0.3, -0.25) is 4.79 Å². The summed E-state index contributed by atoms with van der Waals surface area (Å²) in [5, 5.41) is 0. The SMILES string of the molecule is CCC(C)(C)Cc1ccc(N(C)C=O)cc1. The lowest BCUT2D eigenvalue weighted by Gasteiger charge is -2.22. The van der Waals surface area contributed by atoms with E-state index in [2.05, 4.69) is 32.9 Å². The molecule has 1 aromatic rings. The highest BCUT2D eigenvalue weighted by molar-refractivity contribution is 5.74. The summed E-state index contributed by atoms with van der Waals surface area (Å²) in [6, 6.07) is 8.20. The van der Waals surface area contributed by atoms with E-state index in [-0.39, 0.29) is 0 Å². The second-order valence-electron chi connectivity index (χ2n) is 5.08. The van der Waals surface area contributed by atoms with Gasteiger partial charge in [-0.1, -0.05) is 39.3 Å². The number of carbonyl (C=O) groups excluding carboxylic acids is 1. The van der Waals surface area contributed by atoms with Crippen molar-refractivity contribution in [3.05, 3.63) is 29.8 Å². The zero-order valence-corrected chi connectivity index (χ0v) is 10.7. The normalized spacial score (nSPS) is 11.2. The van der Waals surface area contributed by atoms with Gasteiger partial charge in [-0.15, -0.1) is 0 Å². The van der Waals surface area contributed by atoms with Crippen molar-refractivity contribution in [1.29, 1.82) is 0 Å². The fourth-order valence-electron chi connectivity index (χ4n) is 1.59. The lowest BCUT2D eigenvalue weighted by atomic mass is 9.83. The standard InChI is InChI=1S/C14H21NO/c1-5-14(2,3)10-12-6-8-13(9-7-12)15(4)11-16/h6-9,11H,5,10H2,1-4H3. The van der Waals surface area contributed by atoms with Gasteiger partial charge in [-0.05, 0) is 29.5 Å². The van der Waals surface area contributed by atoms with Crippen LogP contribution in [0.1, 0.15) is 32.8 Å². The van der Waals surface area contributed by atoms with Gasteiger partial charge in [0, 0.05) is 12.7 Å². The first-order chi connectivity index (χ1) is 7.48. The summed E-state index contributed by atoms with van der Waals surface area (Å²) in [4.78, 5) is 12.2. The highest BCUT2D eigenvalue weighted by Gasteiger charge is 2.15. The molecule has 88 valence electrons. The molecule has 0 aliphatic carbocycles. The van der Waals surface area contributed by atoms with Gasteiger partial charge in [-0.2, -0.15) is 0 Å². The lowest BCUT2D eigenvalue weighted by Crippen LogP contribution is -2.15.